The summed E-state index contributed by atoms with van der Waals surface area (Å²) < 4.78 is 20.5. The molecule has 4 aromatic heterocycles. The number of aryl methyl sites for hydroxylation is 1. The molecule has 1 N–H and O–H groups in total. The SMILES string of the molecule is Cc1cnc(-n2ncc(C(=O)NCc3ccccn3)c2-c2ccco2)nc1-c1ccc(F)cc1. The van der Waals surface area contributed by atoms with Crippen LogP contribution in [0.4, 0.5) is 4.39 Å². The number of halogens is 1. The van der Waals surface area contributed by atoms with Crippen LogP contribution in [0.1, 0.15) is 21.6 Å². The molecule has 0 aliphatic carbocycles. The fourth-order valence-corrected chi connectivity index (χ4v) is 3.52. The second kappa shape index (κ2) is 9.07. The van der Waals surface area contributed by atoms with Crippen molar-refractivity contribution in [1.82, 2.24) is 30.0 Å². The third kappa shape index (κ3) is 4.18. The molecule has 5 aromatic rings. The monoisotopic (exact) mass is 454 g/mol. The number of hydrogen-bond donors (Lipinski definition) is 1. The first kappa shape index (κ1) is 21.2. The molecule has 0 saturated carbocycles. The molecule has 8 nitrogen and oxygen atoms in total. The van der Waals surface area contributed by atoms with E-state index in [0.717, 1.165) is 16.8 Å². The minimum Gasteiger partial charge on any atom is -0.463 e. The van der Waals surface area contributed by atoms with Gasteiger partial charge in [-0.25, -0.2) is 14.4 Å². The van der Waals surface area contributed by atoms with Gasteiger partial charge in [-0.1, -0.05) is 6.07 Å². The van der Waals surface area contributed by atoms with E-state index in [1.807, 2.05) is 25.1 Å². The maximum absolute atomic E-state index is 13.4. The van der Waals surface area contributed by atoms with E-state index in [4.69, 9.17) is 4.42 Å². The van der Waals surface area contributed by atoms with Crippen molar-refractivity contribution >= 4 is 5.91 Å². The lowest BCUT2D eigenvalue weighted by Crippen LogP contribution is -2.23. The van der Waals surface area contributed by atoms with Crippen LogP contribution >= 0.6 is 0 Å². The third-order valence-corrected chi connectivity index (χ3v) is 5.19. The number of furan rings is 1. The normalized spacial score (nSPS) is 10.9. The predicted molar refractivity (Wildman–Crippen MR) is 122 cm³/mol. The lowest BCUT2D eigenvalue weighted by Gasteiger charge is -2.10. The van der Waals surface area contributed by atoms with E-state index < -0.39 is 0 Å². The summed E-state index contributed by atoms with van der Waals surface area (Å²) in [7, 11) is 0. The van der Waals surface area contributed by atoms with Crippen LogP contribution in [0.25, 0.3) is 28.7 Å². The molecule has 0 fully saturated rings. The first-order chi connectivity index (χ1) is 16.6. The molecule has 0 radical (unpaired) electrons. The Hall–Kier alpha value is -4.66. The molecule has 0 bridgehead atoms. The number of nitrogens with one attached hydrogen (secondary N) is 1. The summed E-state index contributed by atoms with van der Waals surface area (Å²) in [5.74, 6) is 0.0199. The third-order valence-electron chi connectivity index (χ3n) is 5.19. The van der Waals surface area contributed by atoms with Gasteiger partial charge in [0, 0.05) is 18.0 Å². The molecule has 5 rings (SSSR count). The molecular formula is C25H19FN6O2. The highest BCUT2D eigenvalue weighted by atomic mass is 19.1. The fraction of sp³-hybridized carbons (Fsp3) is 0.0800. The minimum atomic E-state index is -0.339. The standard InChI is InChI=1S/C25H19FN6O2/c1-16-13-29-25(31-22(16)17-7-9-18(26)10-8-17)32-23(21-6-4-12-34-21)20(15-30-32)24(33)28-14-19-5-2-3-11-27-19/h2-13,15H,14H2,1H3,(H,28,33). The number of nitrogens with zero attached hydrogens (tertiary/aromatic N) is 5. The molecular weight excluding hydrogens is 435 g/mol. The van der Waals surface area contributed by atoms with Crippen LogP contribution in [0.5, 0.6) is 0 Å². The van der Waals surface area contributed by atoms with Crippen molar-refractivity contribution < 1.29 is 13.6 Å². The molecule has 34 heavy (non-hydrogen) atoms. The Kier molecular flexibility index (Phi) is 5.65. The van der Waals surface area contributed by atoms with Gasteiger partial charge in [0.1, 0.15) is 11.5 Å². The van der Waals surface area contributed by atoms with Crippen LogP contribution in [-0.2, 0) is 6.54 Å². The van der Waals surface area contributed by atoms with Crippen molar-refractivity contribution in [2.75, 3.05) is 0 Å². The molecule has 9 heteroatoms. The van der Waals surface area contributed by atoms with Gasteiger partial charge in [0.15, 0.2) is 5.76 Å². The Labute approximate surface area is 194 Å². The molecule has 0 spiro atoms. The quantitative estimate of drug-likeness (QED) is 0.409. The summed E-state index contributed by atoms with van der Waals surface area (Å²) in [4.78, 5) is 26.4. The Morgan fingerprint density at radius 3 is 2.65 bits per heavy atom. The number of rotatable bonds is 6. The van der Waals surface area contributed by atoms with Crippen molar-refractivity contribution in [3.05, 3.63) is 102 Å². The summed E-state index contributed by atoms with van der Waals surface area (Å²) >= 11 is 0. The number of hydrogen-bond acceptors (Lipinski definition) is 6. The number of benzene rings is 1. The Balaban J connectivity index is 1.54. The highest BCUT2D eigenvalue weighted by Gasteiger charge is 2.23. The zero-order valence-corrected chi connectivity index (χ0v) is 18.1. The number of carbonyl (C=O) groups is 1. The molecule has 0 aliphatic rings. The van der Waals surface area contributed by atoms with Gasteiger partial charge >= 0.3 is 0 Å². The van der Waals surface area contributed by atoms with Crippen LogP contribution in [0.2, 0.25) is 0 Å². The van der Waals surface area contributed by atoms with E-state index >= 15 is 0 Å². The Morgan fingerprint density at radius 1 is 1.06 bits per heavy atom. The zero-order valence-electron chi connectivity index (χ0n) is 18.1. The largest absolute Gasteiger partial charge is 0.463 e. The number of pyridine rings is 1. The highest BCUT2D eigenvalue weighted by molar-refractivity contribution is 5.99. The van der Waals surface area contributed by atoms with Crippen LogP contribution in [0.3, 0.4) is 0 Å². The number of amides is 1. The summed E-state index contributed by atoms with van der Waals surface area (Å²) in [6.07, 6.45) is 6.30. The number of aromatic nitrogens is 5. The second-order valence-corrected chi connectivity index (χ2v) is 7.51. The topological polar surface area (TPSA) is 98.7 Å². The van der Waals surface area contributed by atoms with Gasteiger partial charge in [-0.05, 0) is 61.0 Å². The van der Waals surface area contributed by atoms with Crippen molar-refractivity contribution in [2.24, 2.45) is 0 Å². The molecule has 0 saturated heterocycles. The van der Waals surface area contributed by atoms with Crippen molar-refractivity contribution in [1.29, 1.82) is 0 Å². The van der Waals surface area contributed by atoms with Gasteiger partial charge in [-0.2, -0.15) is 9.78 Å². The van der Waals surface area contributed by atoms with Gasteiger partial charge in [0.25, 0.3) is 11.9 Å². The molecule has 0 atom stereocenters. The van der Waals surface area contributed by atoms with E-state index in [2.05, 4.69) is 25.4 Å². The fourth-order valence-electron chi connectivity index (χ4n) is 3.52. The van der Waals surface area contributed by atoms with E-state index in [9.17, 15) is 9.18 Å². The molecule has 168 valence electrons. The molecule has 4 heterocycles. The van der Waals surface area contributed by atoms with Crippen LogP contribution in [-0.4, -0.2) is 30.6 Å². The van der Waals surface area contributed by atoms with Crippen LogP contribution in [0, 0.1) is 12.7 Å². The van der Waals surface area contributed by atoms with Gasteiger partial charge in [0.2, 0.25) is 0 Å². The first-order valence-electron chi connectivity index (χ1n) is 10.5. The van der Waals surface area contributed by atoms with Crippen molar-refractivity contribution in [2.45, 2.75) is 13.5 Å². The van der Waals surface area contributed by atoms with Gasteiger partial charge in [-0.15, -0.1) is 0 Å². The van der Waals surface area contributed by atoms with E-state index in [-0.39, 0.29) is 24.2 Å². The maximum Gasteiger partial charge on any atom is 0.255 e. The second-order valence-electron chi connectivity index (χ2n) is 7.51. The predicted octanol–water partition coefficient (Wildman–Crippen LogP) is 4.36. The van der Waals surface area contributed by atoms with Crippen molar-refractivity contribution in [3.63, 3.8) is 0 Å². The van der Waals surface area contributed by atoms with Gasteiger partial charge in [0.05, 0.1) is 36.0 Å². The number of carbonyl (C=O) groups excluding carboxylic acids is 1. The molecule has 1 amide bonds. The molecule has 0 unspecified atom stereocenters. The van der Waals surface area contributed by atoms with Crippen molar-refractivity contribution in [3.8, 4) is 28.7 Å². The lowest BCUT2D eigenvalue weighted by molar-refractivity contribution is 0.0951. The minimum absolute atomic E-state index is 0.250. The lowest BCUT2D eigenvalue weighted by atomic mass is 10.1. The average Bonchev–Trinajstić information content (AvgIpc) is 3.54. The zero-order chi connectivity index (χ0) is 23.5. The van der Waals surface area contributed by atoms with Gasteiger partial charge in [-0.3, -0.25) is 9.78 Å². The maximum atomic E-state index is 13.4. The smallest absolute Gasteiger partial charge is 0.255 e. The van der Waals surface area contributed by atoms with Crippen LogP contribution in [0.15, 0.2) is 83.9 Å². The van der Waals surface area contributed by atoms with Gasteiger partial charge < -0.3 is 9.73 Å². The Morgan fingerprint density at radius 2 is 1.91 bits per heavy atom. The summed E-state index contributed by atoms with van der Waals surface area (Å²) in [6, 6.07) is 15.0. The Bertz CT molecular complexity index is 1430. The van der Waals surface area contributed by atoms with Crippen LogP contribution < -0.4 is 5.32 Å². The van der Waals surface area contributed by atoms with E-state index in [1.54, 1.807) is 36.7 Å². The summed E-state index contributed by atoms with van der Waals surface area (Å²) in [5.41, 5.74) is 3.63. The van der Waals surface area contributed by atoms with E-state index in [1.165, 1.54) is 29.3 Å². The highest BCUT2D eigenvalue weighted by Crippen LogP contribution is 2.28. The first-order valence-corrected chi connectivity index (χ1v) is 10.5. The average molecular weight is 454 g/mol. The summed E-state index contributed by atoms with van der Waals surface area (Å²) in [6.45, 7) is 2.13. The summed E-state index contributed by atoms with van der Waals surface area (Å²) in [5, 5.41) is 7.25. The molecule has 1 aromatic carbocycles. The van der Waals surface area contributed by atoms with E-state index in [0.29, 0.717) is 22.7 Å². The molecule has 0 aliphatic heterocycles.